The van der Waals surface area contributed by atoms with Crippen molar-refractivity contribution in [3.8, 4) is 17.4 Å². The fraction of sp³-hybridized carbons (Fsp3) is 0.389. The lowest BCUT2D eigenvalue weighted by molar-refractivity contribution is 0.0224. The highest BCUT2D eigenvalue weighted by molar-refractivity contribution is 5.70. The maximum atomic E-state index is 13.5. The molecule has 0 unspecified atom stereocenters. The standard InChI is InChI=1S/C18H19FN6O3/c1-18(2,3)28-17(27)24-5-4-13-12(9-24)15-21-14(22-16(26)25(15)23-13)10-6-11(19)8-20-7-10/h6-8H,4-5,9H2,1-3H3,(H,21,22,26). The van der Waals surface area contributed by atoms with E-state index in [0.29, 0.717) is 29.7 Å². The van der Waals surface area contributed by atoms with Crippen molar-refractivity contribution in [2.24, 2.45) is 0 Å². The van der Waals surface area contributed by atoms with Crippen molar-refractivity contribution < 1.29 is 19.0 Å². The quantitative estimate of drug-likeness (QED) is 0.684. The SMILES string of the molecule is CC(C)(C)OC(=O)N1CCc2nn3c(O)nc(-c4cncc(F)c4)nc3c2C1. The largest absolute Gasteiger partial charge is 0.479 e. The van der Waals surface area contributed by atoms with Gasteiger partial charge in [0.05, 0.1) is 18.4 Å². The van der Waals surface area contributed by atoms with Crippen molar-refractivity contribution in [3.05, 3.63) is 35.5 Å². The predicted molar refractivity (Wildman–Crippen MR) is 96.0 cm³/mol. The number of rotatable bonds is 1. The van der Waals surface area contributed by atoms with E-state index in [9.17, 15) is 14.3 Å². The lowest BCUT2D eigenvalue weighted by Crippen LogP contribution is -2.39. The number of carbonyl (C=O) groups excluding carboxylic acids is 1. The molecule has 1 N–H and O–H groups in total. The second-order valence-corrected chi connectivity index (χ2v) is 7.55. The average molecular weight is 386 g/mol. The third-order valence-electron chi connectivity index (χ3n) is 4.23. The molecule has 3 aromatic rings. The summed E-state index contributed by atoms with van der Waals surface area (Å²) in [6.07, 6.45) is 2.55. The van der Waals surface area contributed by atoms with Gasteiger partial charge in [0.2, 0.25) is 0 Å². The summed E-state index contributed by atoms with van der Waals surface area (Å²) >= 11 is 0. The molecule has 4 heterocycles. The number of hydrogen-bond donors (Lipinski definition) is 1. The van der Waals surface area contributed by atoms with Gasteiger partial charge in [0, 0.05) is 30.3 Å². The minimum atomic E-state index is -0.601. The van der Waals surface area contributed by atoms with E-state index in [1.54, 1.807) is 25.7 Å². The number of aromatic hydroxyl groups is 1. The first-order valence-corrected chi connectivity index (χ1v) is 8.77. The molecule has 1 aliphatic heterocycles. The van der Waals surface area contributed by atoms with Crippen molar-refractivity contribution in [2.45, 2.75) is 39.3 Å². The molecule has 9 nitrogen and oxygen atoms in total. The van der Waals surface area contributed by atoms with E-state index >= 15 is 0 Å². The molecule has 0 radical (unpaired) electrons. The number of halogens is 1. The summed E-state index contributed by atoms with van der Waals surface area (Å²) in [5.41, 5.74) is 1.50. The fourth-order valence-electron chi connectivity index (χ4n) is 3.03. The Morgan fingerprint density at radius 2 is 2.07 bits per heavy atom. The number of hydrogen-bond acceptors (Lipinski definition) is 7. The van der Waals surface area contributed by atoms with Crippen LogP contribution in [-0.2, 0) is 17.7 Å². The number of amides is 1. The van der Waals surface area contributed by atoms with Crippen LogP contribution in [0.3, 0.4) is 0 Å². The number of fused-ring (bicyclic) bond motifs is 3. The number of ether oxygens (including phenoxy) is 1. The molecule has 0 atom stereocenters. The van der Waals surface area contributed by atoms with Crippen LogP contribution in [0.4, 0.5) is 9.18 Å². The third-order valence-corrected chi connectivity index (χ3v) is 4.23. The van der Waals surface area contributed by atoms with Gasteiger partial charge >= 0.3 is 12.1 Å². The average Bonchev–Trinajstić information content (AvgIpc) is 2.99. The molecule has 0 aromatic carbocycles. The summed E-state index contributed by atoms with van der Waals surface area (Å²) < 4.78 is 20.2. The molecule has 0 aliphatic carbocycles. The van der Waals surface area contributed by atoms with E-state index in [2.05, 4.69) is 20.1 Å². The molecule has 0 saturated carbocycles. The molecule has 0 fully saturated rings. The topological polar surface area (TPSA) is 106 Å². The highest BCUT2D eigenvalue weighted by Gasteiger charge is 2.30. The fourth-order valence-corrected chi connectivity index (χ4v) is 3.03. The molecule has 3 aromatic heterocycles. The Bertz CT molecular complexity index is 1080. The molecular weight excluding hydrogens is 367 g/mol. The van der Waals surface area contributed by atoms with Gasteiger partial charge in [-0.1, -0.05) is 0 Å². The van der Waals surface area contributed by atoms with Crippen LogP contribution in [0.5, 0.6) is 6.01 Å². The summed E-state index contributed by atoms with van der Waals surface area (Å²) in [5, 5.41) is 14.6. The zero-order valence-electron chi connectivity index (χ0n) is 15.7. The van der Waals surface area contributed by atoms with E-state index in [-0.39, 0.29) is 18.4 Å². The number of aromatic nitrogens is 5. The summed E-state index contributed by atoms with van der Waals surface area (Å²) in [4.78, 5) is 26.2. The van der Waals surface area contributed by atoms with Crippen LogP contribution >= 0.6 is 0 Å². The van der Waals surface area contributed by atoms with E-state index in [1.165, 1.54) is 16.8 Å². The van der Waals surface area contributed by atoms with Crippen molar-refractivity contribution in [3.63, 3.8) is 0 Å². The molecule has 0 bridgehead atoms. The Hall–Kier alpha value is -3.30. The number of nitrogens with zero attached hydrogens (tertiary/aromatic N) is 6. The van der Waals surface area contributed by atoms with Crippen LogP contribution < -0.4 is 0 Å². The zero-order chi connectivity index (χ0) is 20.1. The smallest absolute Gasteiger partial charge is 0.410 e. The molecule has 4 rings (SSSR count). The summed E-state index contributed by atoms with van der Waals surface area (Å²) in [6.45, 7) is 6.10. The van der Waals surface area contributed by atoms with Gasteiger partial charge in [0.1, 0.15) is 11.4 Å². The number of pyridine rings is 1. The van der Waals surface area contributed by atoms with Gasteiger partial charge in [-0.25, -0.2) is 14.2 Å². The minimum absolute atomic E-state index is 0.120. The van der Waals surface area contributed by atoms with E-state index in [4.69, 9.17) is 4.74 Å². The van der Waals surface area contributed by atoms with Gasteiger partial charge in [-0.2, -0.15) is 14.6 Å². The van der Waals surface area contributed by atoms with Gasteiger partial charge in [-0.3, -0.25) is 4.98 Å². The van der Waals surface area contributed by atoms with Crippen LogP contribution in [0.1, 0.15) is 32.0 Å². The first kappa shape index (κ1) is 18.1. The Morgan fingerprint density at radius 1 is 1.29 bits per heavy atom. The normalized spacial score (nSPS) is 14.2. The van der Waals surface area contributed by atoms with E-state index in [0.717, 1.165) is 11.9 Å². The Balaban J connectivity index is 1.74. The summed E-state index contributed by atoms with van der Waals surface area (Å²) in [5.74, 6) is -0.416. The van der Waals surface area contributed by atoms with Crippen LogP contribution in [0.25, 0.3) is 17.0 Å². The molecule has 28 heavy (non-hydrogen) atoms. The third kappa shape index (κ3) is 3.32. The molecule has 10 heteroatoms. The highest BCUT2D eigenvalue weighted by atomic mass is 19.1. The van der Waals surface area contributed by atoms with Gasteiger partial charge in [0.25, 0.3) is 0 Å². The molecule has 0 spiro atoms. The van der Waals surface area contributed by atoms with Crippen molar-refractivity contribution in [2.75, 3.05) is 6.54 Å². The first-order valence-electron chi connectivity index (χ1n) is 8.77. The van der Waals surface area contributed by atoms with E-state index < -0.39 is 17.5 Å². The monoisotopic (exact) mass is 386 g/mol. The molecule has 1 amide bonds. The lowest BCUT2D eigenvalue weighted by atomic mass is 10.1. The number of carbonyl (C=O) groups is 1. The highest BCUT2D eigenvalue weighted by Crippen LogP contribution is 2.27. The van der Waals surface area contributed by atoms with Gasteiger partial charge in [0.15, 0.2) is 11.5 Å². The van der Waals surface area contributed by atoms with Crippen LogP contribution in [0.15, 0.2) is 18.5 Å². The minimum Gasteiger partial charge on any atom is -0.479 e. The maximum absolute atomic E-state index is 13.5. The molecular formula is C18H19FN6O3. The van der Waals surface area contributed by atoms with Crippen LogP contribution in [0.2, 0.25) is 0 Å². The Kier molecular flexibility index (Phi) is 4.13. The van der Waals surface area contributed by atoms with Crippen molar-refractivity contribution >= 4 is 11.7 Å². The Labute approximate surface area is 159 Å². The van der Waals surface area contributed by atoms with Crippen LogP contribution in [-0.4, -0.2) is 52.8 Å². The van der Waals surface area contributed by atoms with Crippen molar-refractivity contribution in [1.82, 2.24) is 29.5 Å². The van der Waals surface area contributed by atoms with Gasteiger partial charge in [-0.15, -0.1) is 0 Å². The first-order chi connectivity index (χ1) is 13.2. The maximum Gasteiger partial charge on any atom is 0.410 e. The summed E-state index contributed by atoms with van der Waals surface area (Å²) in [6, 6.07) is 0.858. The molecule has 1 aliphatic rings. The molecule has 0 saturated heterocycles. The van der Waals surface area contributed by atoms with Gasteiger partial charge < -0.3 is 14.7 Å². The molecule has 146 valence electrons. The summed E-state index contributed by atoms with van der Waals surface area (Å²) in [7, 11) is 0. The second kappa shape index (κ2) is 6.39. The zero-order valence-corrected chi connectivity index (χ0v) is 15.7. The lowest BCUT2D eigenvalue weighted by Gasteiger charge is -2.29. The van der Waals surface area contributed by atoms with Crippen molar-refractivity contribution in [1.29, 1.82) is 0 Å². The van der Waals surface area contributed by atoms with Gasteiger partial charge in [-0.05, 0) is 26.8 Å². The van der Waals surface area contributed by atoms with E-state index in [1.807, 2.05) is 0 Å². The Morgan fingerprint density at radius 3 is 2.79 bits per heavy atom. The predicted octanol–water partition coefficient (Wildman–Crippen LogP) is 2.32. The second-order valence-electron chi connectivity index (χ2n) is 7.55. The van der Waals surface area contributed by atoms with Crippen LogP contribution in [0, 0.1) is 5.82 Å².